The van der Waals surface area contributed by atoms with E-state index in [1.165, 1.54) is 17.5 Å². The molecule has 0 saturated heterocycles. The van der Waals surface area contributed by atoms with E-state index in [1.54, 1.807) is 0 Å². The first-order valence-electron chi connectivity index (χ1n) is 7.22. The lowest BCUT2D eigenvalue weighted by Gasteiger charge is -2.13. The summed E-state index contributed by atoms with van der Waals surface area (Å²) >= 11 is 6.30. The van der Waals surface area contributed by atoms with Crippen LogP contribution in [0.3, 0.4) is 0 Å². The van der Waals surface area contributed by atoms with Gasteiger partial charge in [0.2, 0.25) is 0 Å². The summed E-state index contributed by atoms with van der Waals surface area (Å²) in [5.74, 6) is 0. The summed E-state index contributed by atoms with van der Waals surface area (Å²) in [5.41, 5.74) is 3.71. The van der Waals surface area contributed by atoms with E-state index < -0.39 is 0 Å². The minimum atomic E-state index is 0.440. The Kier molecular flexibility index (Phi) is 5.27. The van der Waals surface area contributed by atoms with Crippen molar-refractivity contribution < 1.29 is 0 Å². The molecule has 0 aliphatic carbocycles. The topological polar surface area (TPSA) is 17.0 Å². The Balaban J connectivity index is 2.12. The van der Waals surface area contributed by atoms with Gasteiger partial charge in [0.1, 0.15) is 0 Å². The lowest BCUT2D eigenvalue weighted by Crippen LogP contribution is -2.15. The largest absolute Gasteiger partial charge is 0.350 e. The van der Waals surface area contributed by atoms with Crippen LogP contribution in [-0.2, 0) is 6.54 Å². The highest BCUT2D eigenvalue weighted by molar-refractivity contribution is 6.31. The van der Waals surface area contributed by atoms with Gasteiger partial charge in [-0.05, 0) is 49.2 Å². The molecule has 0 aliphatic heterocycles. The molecule has 3 heteroatoms. The smallest absolute Gasteiger partial charge is 0.0485 e. The van der Waals surface area contributed by atoms with Gasteiger partial charge < -0.3 is 9.88 Å². The number of halogens is 1. The first-order valence-corrected chi connectivity index (χ1v) is 7.59. The van der Waals surface area contributed by atoms with E-state index in [4.69, 9.17) is 11.6 Å². The molecular weight excluding hydrogens is 268 g/mol. The molecule has 2 rings (SSSR count). The molecule has 0 amide bonds. The zero-order valence-corrected chi connectivity index (χ0v) is 13.2. The molecule has 1 atom stereocenters. The van der Waals surface area contributed by atoms with Crippen molar-refractivity contribution in [3.05, 3.63) is 58.4 Å². The maximum Gasteiger partial charge on any atom is 0.0485 e. The molecule has 108 valence electrons. The molecule has 1 aromatic heterocycles. The third kappa shape index (κ3) is 3.65. The van der Waals surface area contributed by atoms with Crippen molar-refractivity contribution >= 4 is 11.6 Å². The van der Waals surface area contributed by atoms with Crippen LogP contribution in [0, 0.1) is 6.92 Å². The molecule has 0 spiro atoms. The van der Waals surface area contributed by atoms with Crippen LogP contribution in [0.1, 0.15) is 42.5 Å². The zero-order valence-electron chi connectivity index (χ0n) is 12.5. The fourth-order valence-corrected chi connectivity index (χ4v) is 2.80. The van der Waals surface area contributed by atoms with E-state index in [2.05, 4.69) is 54.3 Å². The first-order chi connectivity index (χ1) is 9.63. The van der Waals surface area contributed by atoms with Crippen LogP contribution in [0.2, 0.25) is 5.02 Å². The standard InChI is InChI=1S/C17H23ClN2/c1-4-5-17(19-3)15-8-9-20(12-15)11-14-7-6-13(2)10-16(14)18/h6-10,12,17,19H,4-5,11H2,1-3H3. The van der Waals surface area contributed by atoms with Crippen molar-refractivity contribution in [2.45, 2.75) is 39.3 Å². The highest BCUT2D eigenvalue weighted by atomic mass is 35.5. The van der Waals surface area contributed by atoms with Gasteiger partial charge in [-0.2, -0.15) is 0 Å². The molecule has 0 fully saturated rings. The molecule has 1 N–H and O–H groups in total. The third-order valence-electron chi connectivity index (χ3n) is 3.66. The summed E-state index contributed by atoms with van der Waals surface area (Å²) < 4.78 is 2.20. The normalized spacial score (nSPS) is 12.6. The molecule has 0 saturated carbocycles. The van der Waals surface area contributed by atoms with Crippen molar-refractivity contribution in [3.8, 4) is 0 Å². The second-order valence-corrected chi connectivity index (χ2v) is 5.75. The number of hydrogen-bond acceptors (Lipinski definition) is 1. The van der Waals surface area contributed by atoms with Crippen molar-refractivity contribution in [1.82, 2.24) is 9.88 Å². The van der Waals surface area contributed by atoms with Crippen LogP contribution in [0.25, 0.3) is 0 Å². The second-order valence-electron chi connectivity index (χ2n) is 5.34. The van der Waals surface area contributed by atoms with Crippen LogP contribution in [-0.4, -0.2) is 11.6 Å². The van der Waals surface area contributed by atoms with Gasteiger partial charge in [-0.1, -0.05) is 37.1 Å². The number of nitrogens with zero attached hydrogens (tertiary/aromatic N) is 1. The van der Waals surface area contributed by atoms with E-state index in [1.807, 2.05) is 13.1 Å². The second kappa shape index (κ2) is 6.96. The average Bonchev–Trinajstić information content (AvgIpc) is 2.87. The molecule has 20 heavy (non-hydrogen) atoms. The summed E-state index contributed by atoms with van der Waals surface area (Å²) in [7, 11) is 2.02. The van der Waals surface area contributed by atoms with Gasteiger partial charge >= 0.3 is 0 Å². The maximum absolute atomic E-state index is 6.30. The highest BCUT2D eigenvalue weighted by Gasteiger charge is 2.10. The van der Waals surface area contributed by atoms with Crippen LogP contribution in [0.4, 0.5) is 0 Å². The van der Waals surface area contributed by atoms with Gasteiger partial charge in [-0.25, -0.2) is 0 Å². The Morgan fingerprint density at radius 2 is 2.10 bits per heavy atom. The predicted octanol–water partition coefficient (Wildman–Crippen LogP) is 4.56. The number of aryl methyl sites for hydroxylation is 1. The minimum absolute atomic E-state index is 0.440. The highest BCUT2D eigenvalue weighted by Crippen LogP contribution is 2.21. The molecule has 0 bridgehead atoms. The average molecular weight is 291 g/mol. The van der Waals surface area contributed by atoms with Crippen molar-refractivity contribution in [2.75, 3.05) is 7.05 Å². The van der Waals surface area contributed by atoms with Crippen LogP contribution in [0.15, 0.2) is 36.7 Å². The summed E-state index contributed by atoms with van der Waals surface area (Å²) in [5, 5.41) is 4.22. The van der Waals surface area contributed by atoms with Gasteiger partial charge in [0, 0.05) is 30.0 Å². The monoisotopic (exact) mass is 290 g/mol. The van der Waals surface area contributed by atoms with Gasteiger partial charge in [-0.15, -0.1) is 0 Å². The molecule has 2 aromatic rings. The lowest BCUT2D eigenvalue weighted by molar-refractivity contribution is 0.540. The lowest BCUT2D eigenvalue weighted by atomic mass is 10.1. The number of rotatable bonds is 6. The van der Waals surface area contributed by atoms with E-state index in [9.17, 15) is 0 Å². The SMILES string of the molecule is CCCC(NC)c1ccn(Cc2ccc(C)cc2Cl)c1. The summed E-state index contributed by atoms with van der Waals surface area (Å²) in [6, 6.07) is 8.88. The van der Waals surface area contributed by atoms with Crippen molar-refractivity contribution in [3.63, 3.8) is 0 Å². The van der Waals surface area contributed by atoms with Crippen LogP contribution < -0.4 is 5.32 Å². The molecule has 2 nitrogen and oxygen atoms in total. The Bertz CT molecular complexity index is 560. The van der Waals surface area contributed by atoms with E-state index in [0.29, 0.717) is 6.04 Å². The fourth-order valence-electron chi connectivity index (χ4n) is 2.51. The maximum atomic E-state index is 6.30. The molecule has 1 heterocycles. The minimum Gasteiger partial charge on any atom is -0.350 e. The summed E-state index contributed by atoms with van der Waals surface area (Å²) in [6.07, 6.45) is 6.69. The Morgan fingerprint density at radius 3 is 2.75 bits per heavy atom. The number of benzene rings is 1. The molecule has 0 radical (unpaired) electrons. The fraction of sp³-hybridized carbons (Fsp3) is 0.412. The molecular formula is C17H23ClN2. The number of nitrogens with one attached hydrogen (secondary N) is 1. The Hall–Kier alpha value is -1.25. The summed E-state index contributed by atoms with van der Waals surface area (Å²) in [4.78, 5) is 0. The van der Waals surface area contributed by atoms with Crippen LogP contribution >= 0.6 is 11.6 Å². The Labute approximate surface area is 126 Å². The molecule has 1 unspecified atom stereocenters. The van der Waals surface area contributed by atoms with E-state index >= 15 is 0 Å². The van der Waals surface area contributed by atoms with E-state index in [0.717, 1.165) is 23.6 Å². The molecule has 0 aliphatic rings. The molecule has 1 aromatic carbocycles. The number of hydrogen-bond donors (Lipinski definition) is 1. The zero-order chi connectivity index (χ0) is 14.5. The number of aromatic nitrogens is 1. The van der Waals surface area contributed by atoms with Crippen molar-refractivity contribution in [1.29, 1.82) is 0 Å². The van der Waals surface area contributed by atoms with Crippen LogP contribution in [0.5, 0.6) is 0 Å². The summed E-state index contributed by atoms with van der Waals surface area (Å²) in [6.45, 7) is 5.10. The Morgan fingerprint density at radius 1 is 1.30 bits per heavy atom. The van der Waals surface area contributed by atoms with Gasteiger partial charge in [-0.3, -0.25) is 0 Å². The first kappa shape index (κ1) is 15.1. The third-order valence-corrected chi connectivity index (χ3v) is 4.01. The van der Waals surface area contributed by atoms with Gasteiger partial charge in [0.05, 0.1) is 0 Å². The quantitative estimate of drug-likeness (QED) is 0.825. The van der Waals surface area contributed by atoms with E-state index in [-0.39, 0.29) is 0 Å². The van der Waals surface area contributed by atoms with Crippen molar-refractivity contribution in [2.24, 2.45) is 0 Å². The van der Waals surface area contributed by atoms with Gasteiger partial charge in [0.25, 0.3) is 0 Å². The van der Waals surface area contributed by atoms with Gasteiger partial charge in [0.15, 0.2) is 0 Å². The predicted molar refractivity (Wildman–Crippen MR) is 86.4 cm³/mol.